The first-order valence-electron chi connectivity index (χ1n) is 14.6. The number of amides is 2. The number of nitro groups is 1. The van der Waals surface area contributed by atoms with E-state index < -0.39 is 10.8 Å². The van der Waals surface area contributed by atoms with E-state index in [1.807, 2.05) is 60.2 Å². The van der Waals surface area contributed by atoms with E-state index >= 15 is 0 Å². The summed E-state index contributed by atoms with van der Waals surface area (Å²) in [6.45, 7) is 5.56. The summed E-state index contributed by atoms with van der Waals surface area (Å²) in [4.78, 5) is 41.8. The number of nitrogens with zero attached hydrogens (tertiary/aromatic N) is 4. The molecule has 0 spiro atoms. The zero-order valence-corrected chi connectivity index (χ0v) is 25.0. The van der Waals surface area contributed by atoms with Crippen molar-refractivity contribution >= 4 is 17.5 Å². The molecule has 1 aromatic heterocycles. The van der Waals surface area contributed by atoms with Crippen LogP contribution in [0.25, 0.3) is 0 Å². The first kappa shape index (κ1) is 32.1. The molecule has 0 bridgehead atoms. The quantitative estimate of drug-likeness (QED) is 0.0949. The van der Waals surface area contributed by atoms with E-state index in [9.17, 15) is 24.1 Å². The molecule has 3 aromatic carbocycles. The maximum absolute atomic E-state index is 14.0. The molecular weight excluding hydrogens is 563 g/mol. The van der Waals surface area contributed by atoms with Crippen molar-refractivity contribution in [2.45, 2.75) is 39.9 Å². The highest BCUT2D eigenvalue weighted by atomic mass is 19.1. The molecular formula is C34H37FN4O5. The first-order chi connectivity index (χ1) is 21.2. The van der Waals surface area contributed by atoms with Gasteiger partial charge in [-0.2, -0.15) is 0 Å². The summed E-state index contributed by atoms with van der Waals surface area (Å²) in [5.74, 6) is -1.03. The molecule has 0 saturated carbocycles. The third-order valence-corrected chi connectivity index (χ3v) is 7.30. The summed E-state index contributed by atoms with van der Waals surface area (Å²) in [7, 11) is 0. The number of nitro benzene ring substituents is 1. The van der Waals surface area contributed by atoms with Gasteiger partial charge < -0.3 is 19.1 Å². The molecule has 10 heteroatoms. The molecule has 44 heavy (non-hydrogen) atoms. The molecule has 0 aliphatic rings. The highest BCUT2D eigenvalue weighted by Crippen LogP contribution is 2.21. The molecule has 1 heterocycles. The number of aromatic nitrogens is 1. The molecule has 9 nitrogen and oxygen atoms in total. The van der Waals surface area contributed by atoms with Crippen LogP contribution in [0.2, 0.25) is 0 Å². The number of carbonyl (C=O) groups excluding carboxylic acids is 2. The molecule has 2 amide bonds. The highest BCUT2D eigenvalue weighted by molar-refractivity contribution is 5.97. The minimum Gasteiger partial charge on any atom is -0.382 e. The van der Waals surface area contributed by atoms with Gasteiger partial charge in [0, 0.05) is 61.9 Å². The van der Waals surface area contributed by atoms with E-state index in [0.717, 1.165) is 16.8 Å². The lowest BCUT2D eigenvalue weighted by Crippen LogP contribution is -2.43. The lowest BCUT2D eigenvalue weighted by Gasteiger charge is -2.28. The largest absolute Gasteiger partial charge is 0.382 e. The molecule has 0 unspecified atom stereocenters. The number of hydrogen-bond donors (Lipinski definition) is 0. The number of halogens is 1. The van der Waals surface area contributed by atoms with Crippen molar-refractivity contribution < 1.29 is 23.6 Å². The maximum atomic E-state index is 14.0. The number of carbonyl (C=O) groups is 2. The lowest BCUT2D eigenvalue weighted by molar-refractivity contribution is -0.385. The van der Waals surface area contributed by atoms with Crippen molar-refractivity contribution in [1.82, 2.24) is 14.4 Å². The Morgan fingerprint density at radius 2 is 1.68 bits per heavy atom. The van der Waals surface area contributed by atoms with Gasteiger partial charge in [-0.15, -0.1) is 0 Å². The van der Waals surface area contributed by atoms with Crippen LogP contribution in [0.1, 0.15) is 46.1 Å². The van der Waals surface area contributed by atoms with Gasteiger partial charge in [0.15, 0.2) is 0 Å². The summed E-state index contributed by atoms with van der Waals surface area (Å²) >= 11 is 0. The summed E-state index contributed by atoms with van der Waals surface area (Å²) in [5, 5.41) is 11.5. The molecule has 4 rings (SSSR count). The third-order valence-electron chi connectivity index (χ3n) is 7.30. The fourth-order valence-electron chi connectivity index (χ4n) is 4.90. The first-order valence-corrected chi connectivity index (χ1v) is 14.6. The number of aryl methyl sites for hydroxylation is 1. The van der Waals surface area contributed by atoms with E-state index in [2.05, 4.69) is 0 Å². The second-order valence-electron chi connectivity index (χ2n) is 10.5. The van der Waals surface area contributed by atoms with Crippen LogP contribution in [0.5, 0.6) is 0 Å². The highest BCUT2D eigenvalue weighted by Gasteiger charge is 2.25. The number of benzene rings is 3. The lowest BCUT2D eigenvalue weighted by atomic mass is 10.1. The second kappa shape index (κ2) is 15.6. The van der Waals surface area contributed by atoms with Crippen LogP contribution in [-0.2, 0) is 29.2 Å². The molecule has 0 aliphatic heterocycles. The summed E-state index contributed by atoms with van der Waals surface area (Å²) in [6.07, 6.45) is 2.41. The Morgan fingerprint density at radius 3 is 2.39 bits per heavy atom. The fourth-order valence-corrected chi connectivity index (χ4v) is 4.90. The number of rotatable bonds is 15. The predicted octanol–water partition coefficient (Wildman–Crippen LogP) is 5.99. The number of ether oxygens (including phenoxy) is 1. The van der Waals surface area contributed by atoms with E-state index in [1.165, 1.54) is 23.1 Å². The average molecular weight is 601 g/mol. The fraction of sp³-hybridized carbons (Fsp3) is 0.294. The van der Waals surface area contributed by atoms with E-state index in [0.29, 0.717) is 38.3 Å². The van der Waals surface area contributed by atoms with Crippen molar-refractivity contribution in [3.63, 3.8) is 0 Å². The molecule has 0 radical (unpaired) electrons. The van der Waals surface area contributed by atoms with Crippen molar-refractivity contribution in [2.24, 2.45) is 0 Å². The topological polar surface area (TPSA) is 97.9 Å². The molecule has 0 N–H and O–H groups in total. The van der Waals surface area contributed by atoms with Gasteiger partial charge in [-0.1, -0.05) is 48.5 Å². The van der Waals surface area contributed by atoms with Gasteiger partial charge in [0.25, 0.3) is 11.6 Å². The van der Waals surface area contributed by atoms with Gasteiger partial charge in [-0.3, -0.25) is 19.7 Å². The molecule has 0 saturated heterocycles. The van der Waals surface area contributed by atoms with Crippen LogP contribution in [0.15, 0.2) is 91.1 Å². The van der Waals surface area contributed by atoms with Gasteiger partial charge in [0.2, 0.25) is 5.91 Å². The SMILES string of the molecule is CCOCCCN(CC(=O)N(Cc1ccccc1)Cc1cccn1Cc1ccc(F)cc1)C(=O)c1ccc(C)c([N+](=O)[O-])c1. The molecule has 0 fully saturated rings. The van der Waals surface area contributed by atoms with Crippen LogP contribution >= 0.6 is 0 Å². The van der Waals surface area contributed by atoms with Crippen LogP contribution in [0, 0.1) is 22.9 Å². The minimum absolute atomic E-state index is 0.147. The van der Waals surface area contributed by atoms with Crippen LogP contribution < -0.4 is 0 Å². The Kier molecular flexibility index (Phi) is 11.4. The van der Waals surface area contributed by atoms with Gasteiger partial charge in [-0.25, -0.2) is 4.39 Å². The normalized spacial score (nSPS) is 10.9. The van der Waals surface area contributed by atoms with Crippen LogP contribution in [-0.4, -0.2) is 57.4 Å². The Balaban J connectivity index is 1.59. The molecule has 0 aliphatic carbocycles. The van der Waals surface area contributed by atoms with Crippen molar-refractivity contribution in [3.05, 3.63) is 135 Å². The van der Waals surface area contributed by atoms with Gasteiger partial charge in [0.05, 0.1) is 11.5 Å². The molecule has 0 atom stereocenters. The minimum atomic E-state index is -0.515. The smallest absolute Gasteiger partial charge is 0.273 e. The second-order valence-corrected chi connectivity index (χ2v) is 10.5. The van der Waals surface area contributed by atoms with E-state index in [1.54, 1.807) is 36.1 Å². The predicted molar refractivity (Wildman–Crippen MR) is 165 cm³/mol. The Morgan fingerprint density at radius 1 is 0.932 bits per heavy atom. The molecule has 4 aromatic rings. The third kappa shape index (κ3) is 8.84. The number of hydrogen-bond acceptors (Lipinski definition) is 5. The Hall–Kier alpha value is -4.83. The molecule has 230 valence electrons. The van der Waals surface area contributed by atoms with Gasteiger partial charge in [-0.05, 0) is 61.7 Å². The van der Waals surface area contributed by atoms with E-state index in [-0.39, 0.29) is 42.6 Å². The maximum Gasteiger partial charge on any atom is 0.273 e. The van der Waals surface area contributed by atoms with Gasteiger partial charge in [0.1, 0.15) is 12.4 Å². The van der Waals surface area contributed by atoms with E-state index in [4.69, 9.17) is 4.74 Å². The Bertz CT molecular complexity index is 1560. The average Bonchev–Trinajstić information content (AvgIpc) is 3.45. The van der Waals surface area contributed by atoms with Crippen LogP contribution in [0.4, 0.5) is 10.1 Å². The van der Waals surface area contributed by atoms with Gasteiger partial charge >= 0.3 is 0 Å². The zero-order valence-electron chi connectivity index (χ0n) is 25.0. The summed E-state index contributed by atoms with van der Waals surface area (Å²) < 4.78 is 20.9. The van der Waals surface area contributed by atoms with Crippen molar-refractivity contribution in [3.8, 4) is 0 Å². The van der Waals surface area contributed by atoms with Crippen molar-refractivity contribution in [1.29, 1.82) is 0 Å². The summed E-state index contributed by atoms with van der Waals surface area (Å²) in [6, 6.07) is 24.1. The Labute approximate surface area is 256 Å². The standard InChI is InChI=1S/C34H37FN4O5/c1-3-44-20-8-19-37(34(41)29-15-12-26(2)32(21-29)39(42)43)25-33(40)38(23-27-9-5-4-6-10-27)24-31-11-7-18-36(31)22-28-13-16-30(35)17-14-28/h4-7,9-18,21H,3,8,19-20,22-25H2,1-2H3. The van der Waals surface area contributed by atoms with Crippen molar-refractivity contribution in [2.75, 3.05) is 26.3 Å². The monoisotopic (exact) mass is 600 g/mol. The van der Waals surface area contributed by atoms with Crippen LogP contribution in [0.3, 0.4) is 0 Å². The summed E-state index contributed by atoms with van der Waals surface area (Å²) in [5.41, 5.74) is 3.17. The zero-order chi connectivity index (χ0) is 31.5.